The maximum atomic E-state index is 13.5. The first-order chi connectivity index (χ1) is 7.41. The Morgan fingerprint density at radius 3 is 2.12 bits per heavy atom. The number of nitrogens with two attached hydrogens (primary N) is 1. The van der Waals surface area contributed by atoms with Crippen LogP contribution in [0.1, 0.15) is 38.3 Å². The van der Waals surface area contributed by atoms with Crippen LogP contribution in [0.2, 0.25) is 5.02 Å². The second kappa shape index (κ2) is 5.60. The third-order valence-electron chi connectivity index (χ3n) is 2.47. The van der Waals surface area contributed by atoms with E-state index < -0.39 is 17.7 Å². The molecule has 16 heavy (non-hydrogen) atoms. The fourth-order valence-electron chi connectivity index (χ4n) is 1.56. The van der Waals surface area contributed by atoms with Crippen LogP contribution in [-0.2, 0) is 0 Å². The standard InChI is InChI=1S/C12H16ClF2N/c1-7(2)3-4-11(16)12-9(14)5-8(13)6-10(12)15/h5-7,11H,3-4,16H2,1-2H3/t11-/m1/s1. The Morgan fingerprint density at radius 2 is 1.69 bits per heavy atom. The normalized spacial score (nSPS) is 13.2. The first-order valence-electron chi connectivity index (χ1n) is 5.31. The number of hydrogen-bond donors (Lipinski definition) is 1. The molecule has 90 valence electrons. The molecule has 0 heterocycles. The van der Waals surface area contributed by atoms with Crippen molar-refractivity contribution in [1.29, 1.82) is 0 Å². The molecule has 0 aliphatic heterocycles. The fourth-order valence-corrected chi connectivity index (χ4v) is 1.76. The van der Waals surface area contributed by atoms with E-state index in [1.165, 1.54) is 0 Å². The molecular weight excluding hydrogens is 232 g/mol. The quantitative estimate of drug-likeness (QED) is 0.853. The van der Waals surface area contributed by atoms with Crippen molar-refractivity contribution in [3.05, 3.63) is 34.4 Å². The van der Waals surface area contributed by atoms with Gasteiger partial charge in [0.15, 0.2) is 0 Å². The molecule has 1 aromatic rings. The van der Waals surface area contributed by atoms with E-state index in [2.05, 4.69) is 0 Å². The summed E-state index contributed by atoms with van der Waals surface area (Å²) in [5.74, 6) is -0.869. The molecule has 0 aliphatic rings. The lowest BCUT2D eigenvalue weighted by molar-refractivity contribution is 0.468. The number of halogens is 3. The van der Waals surface area contributed by atoms with Crippen molar-refractivity contribution in [2.75, 3.05) is 0 Å². The second-order valence-corrected chi connectivity index (χ2v) is 4.80. The van der Waals surface area contributed by atoms with Crippen LogP contribution in [0.5, 0.6) is 0 Å². The highest BCUT2D eigenvalue weighted by Gasteiger charge is 2.17. The van der Waals surface area contributed by atoms with Crippen LogP contribution in [0.15, 0.2) is 12.1 Å². The summed E-state index contributed by atoms with van der Waals surface area (Å²) in [4.78, 5) is 0. The average Bonchev–Trinajstić information content (AvgIpc) is 2.12. The van der Waals surface area contributed by atoms with Gasteiger partial charge in [0, 0.05) is 16.6 Å². The van der Waals surface area contributed by atoms with E-state index >= 15 is 0 Å². The SMILES string of the molecule is CC(C)CC[C@@H](N)c1c(F)cc(Cl)cc1F. The minimum absolute atomic E-state index is 0.0507. The Hall–Kier alpha value is -0.670. The third-order valence-corrected chi connectivity index (χ3v) is 2.69. The predicted octanol–water partition coefficient (Wildman–Crippen LogP) is 4.05. The lowest BCUT2D eigenvalue weighted by Crippen LogP contribution is -2.15. The maximum absolute atomic E-state index is 13.5. The smallest absolute Gasteiger partial charge is 0.132 e. The molecule has 1 nitrogen and oxygen atoms in total. The van der Waals surface area contributed by atoms with Crippen molar-refractivity contribution in [2.45, 2.75) is 32.7 Å². The van der Waals surface area contributed by atoms with Crippen LogP contribution >= 0.6 is 11.6 Å². The first kappa shape index (κ1) is 13.4. The van der Waals surface area contributed by atoms with Crippen LogP contribution in [0.4, 0.5) is 8.78 Å². The molecule has 0 radical (unpaired) electrons. The van der Waals surface area contributed by atoms with Crippen molar-refractivity contribution in [1.82, 2.24) is 0 Å². The summed E-state index contributed by atoms with van der Waals surface area (Å²) in [5.41, 5.74) is 5.71. The zero-order chi connectivity index (χ0) is 12.3. The zero-order valence-corrected chi connectivity index (χ0v) is 10.2. The minimum Gasteiger partial charge on any atom is -0.324 e. The van der Waals surface area contributed by atoms with Gasteiger partial charge in [0.1, 0.15) is 11.6 Å². The number of hydrogen-bond acceptors (Lipinski definition) is 1. The van der Waals surface area contributed by atoms with E-state index in [4.69, 9.17) is 17.3 Å². The van der Waals surface area contributed by atoms with Gasteiger partial charge >= 0.3 is 0 Å². The zero-order valence-electron chi connectivity index (χ0n) is 9.43. The van der Waals surface area contributed by atoms with Gasteiger partial charge in [-0.15, -0.1) is 0 Å². The topological polar surface area (TPSA) is 26.0 Å². The highest BCUT2D eigenvalue weighted by molar-refractivity contribution is 6.30. The van der Waals surface area contributed by atoms with Gasteiger partial charge < -0.3 is 5.73 Å². The lowest BCUT2D eigenvalue weighted by Gasteiger charge is -2.15. The molecule has 0 unspecified atom stereocenters. The molecular formula is C12H16ClF2N. The molecule has 1 rings (SSSR count). The van der Waals surface area contributed by atoms with Gasteiger partial charge in [-0.2, -0.15) is 0 Å². The summed E-state index contributed by atoms with van der Waals surface area (Å²) in [6, 6.07) is 1.57. The van der Waals surface area contributed by atoms with Crippen LogP contribution in [-0.4, -0.2) is 0 Å². The van der Waals surface area contributed by atoms with Crippen LogP contribution < -0.4 is 5.73 Å². The molecule has 1 aromatic carbocycles. The Bertz CT molecular complexity index is 343. The molecule has 1 atom stereocenters. The van der Waals surface area contributed by atoms with Gasteiger partial charge in [-0.05, 0) is 30.9 Å². The molecule has 0 fully saturated rings. The van der Waals surface area contributed by atoms with Crippen molar-refractivity contribution in [2.24, 2.45) is 11.7 Å². The molecule has 0 amide bonds. The van der Waals surface area contributed by atoms with Gasteiger partial charge in [0.2, 0.25) is 0 Å². The summed E-state index contributed by atoms with van der Waals surface area (Å²) in [6.07, 6.45) is 1.40. The van der Waals surface area contributed by atoms with Crippen molar-refractivity contribution >= 4 is 11.6 Å². The van der Waals surface area contributed by atoms with Gasteiger partial charge in [-0.25, -0.2) is 8.78 Å². The number of rotatable bonds is 4. The Morgan fingerprint density at radius 1 is 1.19 bits per heavy atom. The van der Waals surface area contributed by atoms with E-state index in [0.29, 0.717) is 12.3 Å². The summed E-state index contributed by atoms with van der Waals surface area (Å²) >= 11 is 5.53. The van der Waals surface area contributed by atoms with E-state index in [0.717, 1.165) is 18.6 Å². The summed E-state index contributed by atoms with van der Waals surface area (Å²) in [7, 11) is 0. The van der Waals surface area contributed by atoms with Crippen LogP contribution in [0.3, 0.4) is 0 Å². The fraction of sp³-hybridized carbons (Fsp3) is 0.500. The summed E-state index contributed by atoms with van der Waals surface area (Å²) in [5, 5.41) is 0.0507. The monoisotopic (exact) mass is 247 g/mol. The van der Waals surface area contributed by atoms with Gasteiger partial charge in [0.25, 0.3) is 0 Å². The largest absolute Gasteiger partial charge is 0.324 e. The summed E-state index contributed by atoms with van der Waals surface area (Å²) in [6.45, 7) is 4.09. The second-order valence-electron chi connectivity index (χ2n) is 4.36. The van der Waals surface area contributed by atoms with Crippen LogP contribution in [0, 0.1) is 17.6 Å². The van der Waals surface area contributed by atoms with Gasteiger partial charge in [-0.1, -0.05) is 25.4 Å². The third kappa shape index (κ3) is 3.42. The van der Waals surface area contributed by atoms with E-state index in [1.807, 2.05) is 13.8 Å². The van der Waals surface area contributed by atoms with Gasteiger partial charge in [-0.3, -0.25) is 0 Å². The highest BCUT2D eigenvalue weighted by Crippen LogP contribution is 2.26. The van der Waals surface area contributed by atoms with Crippen molar-refractivity contribution < 1.29 is 8.78 Å². The molecule has 0 bridgehead atoms. The molecule has 0 saturated heterocycles. The molecule has 0 aliphatic carbocycles. The highest BCUT2D eigenvalue weighted by atomic mass is 35.5. The Balaban J connectivity index is 2.86. The summed E-state index contributed by atoms with van der Waals surface area (Å²) < 4.78 is 27.0. The lowest BCUT2D eigenvalue weighted by atomic mass is 9.97. The first-order valence-corrected chi connectivity index (χ1v) is 5.69. The van der Waals surface area contributed by atoms with E-state index in [-0.39, 0.29) is 10.6 Å². The Kier molecular flexibility index (Phi) is 4.69. The maximum Gasteiger partial charge on any atom is 0.132 e. The van der Waals surface area contributed by atoms with Crippen molar-refractivity contribution in [3.63, 3.8) is 0 Å². The van der Waals surface area contributed by atoms with Crippen LogP contribution in [0.25, 0.3) is 0 Å². The molecule has 0 spiro atoms. The van der Waals surface area contributed by atoms with E-state index in [1.54, 1.807) is 0 Å². The van der Waals surface area contributed by atoms with Crippen molar-refractivity contribution in [3.8, 4) is 0 Å². The minimum atomic E-state index is -0.666. The molecule has 0 aromatic heterocycles. The van der Waals surface area contributed by atoms with Gasteiger partial charge in [0.05, 0.1) is 0 Å². The molecule has 4 heteroatoms. The number of benzene rings is 1. The molecule has 2 N–H and O–H groups in total. The predicted molar refractivity (Wildman–Crippen MR) is 62.4 cm³/mol. The van der Waals surface area contributed by atoms with E-state index in [9.17, 15) is 8.78 Å². The average molecular weight is 248 g/mol. The Labute approximate surface area is 99.6 Å². The molecule has 0 saturated carbocycles.